The van der Waals surface area contributed by atoms with E-state index in [-0.39, 0.29) is 17.9 Å². The predicted octanol–water partition coefficient (Wildman–Crippen LogP) is 1.06. The van der Waals surface area contributed by atoms with Crippen molar-refractivity contribution in [2.45, 2.75) is 13.0 Å². The first-order chi connectivity index (χ1) is 8.38. The Balaban J connectivity index is 2.27. The van der Waals surface area contributed by atoms with Gasteiger partial charge in [0.05, 0.1) is 11.3 Å². The van der Waals surface area contributed by atoms with E-state index >= 15 is 0 Å². The quantitative estimate of drug-likeness (QED) is 0.893. The van der Waals surface area contributed by atoms with E-state index in [4.69, 9.17) is 5.11 Å². The number of carboxylic acids is 1. The smallest absolute Gasteiger partial charge is 0.335 e. The second-order valence-corrected chi connectivity index (χ2v) is 6.24. The van der Waals surface area contributed by atoms with Crippen molar-refractivity contribution in [2.24, 2.45) is 0 Å². The number of hydrogen-bond acceptors (Lipinski definition) is 3. The number of nitrogens with zero attached hydrogens (tertiary/aromatic N) is 1. The first kappa shape index (κ1) is 13.0. The van der Waals surface area contributed by atoms with Crippen molar-refractivity contribution in [1.29, 1.82) is 0 Å². The third-order valence-corrected chi connectivity index (χ3v) is 4.67. The van der Waals surface area contributed by atoms with Crippen molar-refractivity contribution in [2.75, 3.05) is 12.3 Å². The molecule has 1 fully saturated rings. The van der Waals surface area contributed by atoms with E-state index in [0.717, 1.165) is 12.1 Å². The molecule has 1 aliphatic heterocycles. The second kappa shape index (κ2) is 4.66. The van der Waals surface area contributed by atoms with Gasteiger partial charge in [0, 0.05) is 13.1 Å². The van der Waals surface area contributed by atoms with Crippen molar-refractivity contribution >= 4 is 16.0 Å². The highest BCUT2D eigenvalue weighted by molar-refractivity contribution is 7.89. The third-order valence-electron chi connectivity index (χ3n) is 2.77. The Labute approximate surface area is 104 Å². The largest absolute Gasteiger partial charge is 0.478 e. The van der Waals surface area contributed by atoms with Crippen LogP contribution < -0.4 is 0 Å². The van der Waals surface area contributed by atoms with Gasteiger partial charge in [0.1, 0.15) is 5.82 Å². The predicted molar refractivity (Wildman–Crippen MR) is 62.2 cm³/mol. The summed E-state index contributed by atoms with van der Waals surface area (Å²) in [4.78, 5) is 10.8. The van der Waals surface area contributed by atoms with Crippen LogP contribution in [0.5, 0.6) is 0 Å². The van der Waals surface area contributed by atoms with Crippen LogP contribution in [-0.2, 0) is 16.6 Å². The number of hydrogen-bond donors (Lipinski definition) is 1. The van der Waals surface area contributed by atoms with Crippen molar-refractivity contribution in [3.63, 3.8) is 0 Å². The Morgan fingerprint density at radius 1 is 1.39 bits per heavy atom. The number of aromatic carboxylic acids is 1. The van der Waals surface area contributed by atoms with Gasteiger partial charge in [-0.1, -0.05) is 0 Å². The molecule has 1 aromatic rings. The molecule has 0 saturated carbocycles. The van der Waals surface area contributed by atoms with Gasteiger partial charge < -0.3 is 5.11 Å². The van der Waals surface area contributed by atoms with Crippen molar-refractivity contribution in [3.05, 3.63) is 35.1 Å². The van der Waals surface area contributed by atoms with Gasteiger partial charge in [0.15, 0.2) is 0 Å². The lowest BCUT2D eigenvalue weighted by Crippen LogP contribution is -2.25. The number of carbonyl (C=O) groups is 1. The molecule has 0 aromatic heterocycles. The fourth-order valence-electron chi connectivity index (χ4n) is 1.94. The van der Waals surface area contributed by atoms with E-state index in [0.29, 0.717) is 18.5 Å². The molecule has 18 heavy (non-hydrogen) atoms. The van der Waals surface area contributed by atoms with Crippen LogP contribution in [0.15, 0.2) is 18.2 Å². The molecule has 0 spiro atoms. The van der Waals surface area contributed by atoms with Crippen LogP contribution in [-0.4, -0.2) is 36.1 Å². The van der Waals surface area contributed by atoms with E-state index in [1.54, 1.807) is 0 Å². The molecular weight excluding hydrogens is 261 g/mol. The first-order valence-corrected chi connectivity index (χ1v) is 7.00. The molecule has 2 rings (SSSR count). The summed E-state index contributed by atoms with van der Waals surface area (Å²) in [7, 11) is -3.27. The summed E-state index contributed by atoms with van der Waals surface area (Å²) >= 11 is 0. The lowest BCUT2D eigenvalue weighted by molar-refractivity contribution is 0.0696. The van der Waals surface area contributed by atoms with Gasteiger partial charge >= 0.3 is 5.97 Å². The Kier molecular flexibility index (Phi) is 3.36. The molecule has 0 unspecified atom stereocenters. The second-order valence-electron chi connectivity index (χ2n) is 4.16. The fraction of sp³-hybridized carbons (Fsp3) is 0.364. The van der Waals surface area contributed by atoms with Crippen molar-refractivity contribution in [3.8, 4) is 0 Å². The van der Waals surface area contributed by atoms with E-state index < -0.39 is 21.8 Å². The van der Waals surface area contributed by atoms with E-state index in [2.05, 4.69) is 0 Å². The molecule has 98 valence electrons. The van der Waals surface area contributed by atoms with Crippen LogP contribution >= 0.6 is 0 Å². The SMILES string of the molecule is O=C(O)c1cc(F)cc(CN2CCCS2(=O)=O)c1. The van der Waals surface area contributed by atoms with Gasteiger partial charge in [-0.05, 0) is 30.2 Å². The first-order valence-electron chi connectivity index (χ1n) is 5.39. The highest BCUT2D eigenvalue weighted by Gasteiger charge is 2.28. The number of halogens is 1. The minimum Gasteiger partial charge on any atom is -0.478 e. The summed E-state index contributed by atoms with van der Waals surface area (Å²) in [5.41, 5.74) is 0.166. The van der Waals surface area contributed by atoms with Gasteiger partial charge in [0.25, 0.3) is 0 Å². The summed E-state index contributed by atoms with van der Waals surface area (Å²) in [6.07, 6.45) is 0.545. The average Bonchev–Trinajstić information content (AvgIpc) is 2.57. The van der Waals surface area contributed by atoms with Crippen LogP contribution in [0.1, 0.15) is 22.3 Å². The van der Waals surface area contributed by atoms with Gasteiger partial charge in [-0.3, -0.25) is 0 Å². The minimum absolute atomic E-state index is 0.0143. The van der Waals surface area contributed by atoms with Gasteiger partial charge in [-0.25, -0.2) is 17.6 Å². The molecule has 0 aliphatic carbocycles. The molecule has 1 aromatic carbocycles. The summed E-state index contributed by atoms with van der Waals surface area (Å²) in [6, 6.07) is 3.35. The number of benzene rings is 1. The zero-order chi connectivity index (χ0) is 13.3. The van der Waals surface area contributed by atoms with E-state index in [9.17, 15) is 17.6 Å². The normalized spacial score (nSPS) is 18.9. The molecule has 1 saturated heterocycles. The Bertz CT molecular complexity index is 585. The Morgan fingerprint density at radius 3 is 2.67 bits per heavy atom. The maximum absolute atomic E-state index is 13.2. The van der Waals surface area contributed by atoms with Crippen molar-refractivity contribution < 1.29 is 22.7 Å². The fourth-order valence-corrected chi connectivity index (χ4v) is 3.44. The van der Waals surface area contributed by atoms with Crippen LogP contribution in [0.25, 0.3) is 0 Å². The molecule has 0 radical (unpaired) electrons. The zero-order valence-corrected chi connectivity index (χ0v) is 10.3. The lowest BCUT2D eigenvalue weighted by atomic mass is 10.1. The minimum atomic E-state index is -3.27. The summed E-state index contributed by atoms with van der Waals surface area (Å²) in [5.74, 6) is -1.82. The van der Waals surface area contributed by atoms with Gasteiger partial charge in [-0.15, -0.1) is 0 Å². The summed E-state index contributed by atoms with van der Waals surface area (Å²) in [5, 5.41) is 8.80. The van der Waals surface area contributed by atoms with Crippen LogP contribution in [0.4, 0.5) is 4.39 Å². The highest BCUT2D eigenvalue weighted by atomic mass is 32.2. The third kappa shape index (κ3) is 2.68. The standard InChI is InChI=1S/C11H12FNO4S/c12-10-5-8(4-9(6-10)11(14)15)7-13-2-1-3-18(13,16)17/h4-6H,1-3,7H2,(H,14,15). The van der Waals surface area contributed by atoms with Crippen LogP contribution in [0.2, 0.25) is 0 Å². The monoisotopic (exact) mass is 273 g/mol. The average molecular weight is 273 g/mol. The number of sulfonamides is 1. The van der Waals surface area contributed by atoms with Gasteiger partial charge in [-0.2, -0.15) is 4.31 Å². The van der Waals surface area contributed by atoms with Gasteiger partial charge in [0.2, 0.25) is 10.0 Å². The lowest BCUT2D eigenvalue weighted by Gasteiger charge is -2.14. The van der Waals surface area contributed by atoms with E-state index in [1.807, 2.05) is 0 Å². The molecule has 0 atom stereocenters. The van der Waals surface area contributed by atoms with Crippen LogP contribution in [0, 0.1) is 5.82 Å². The molecule has 1 N–H and O–H groups in total. The highest BCUT2D eigenvalue weighted by Crippen LogP contribution is 2.19. The number of rotatable bonds is 3. The molecule has 5 nitrogen and oxygen atoms in total. The van der Waals surface area contributed by atoms with E-state index in [1.165, 1.54) is 10.4 Å². The maximum atomic E-state index is 13.2. The number of carboxylic acid groups (broad SMARTS) is 1. The molecule has 0 amide bonds. The summed E-state index contributed by atoms with van der Waals surface area (Å²) < 4.78 is 37.6. The molecule has 1 aliphatic rings. The zero-order valence-electron chi connectivity index (χ0n) is 9.47. The molecule has 0 bridgehead atoms. The maximum Gasteiger partial charge on any atom is 0.335 e. The Hall–Kier alpha value is -1.47. The Morgan fingerprint density at radius 2 is 2.11 bits per heavy atom. The molecular formula is C11H12FNO4S. The summed E-state index contributed by atoms with van der Waals surface area (Å²) in [6.45, 7) is 0.404. The van der Waals surface area contributed by atoms with Crippen LogP contribution in [0.3, 0.4) is 0 Å². The van der Waals surface area contributed by atoms with Crippen molar-refractivity contribution in [1.82, 2.24) is 4.31 Å². The molecule has 1 heterocycles. The molecule has 7 heteroatoms. The topological polar surface area (TPSA) is 74.7 Å².